The van der Waals surface area contributed by atoms with Gasteiger partial charge in [-0.25, -0.2) is 0 Å². The molecule has 5 heteroatoms. The first-order chi connectivity index (χ1) is 10.5. The predicted octanol–water partition coefficient (Wildman–Crippen LogP) is 3.94. The van der Waals surface area contributed by atoms with Crippen LogP contribution in [0.2, 0.25) is 5.02 Å². The van der Waals surface area contributed by atoms with Gasteiger partial charge in [0.1, 0.15) is 11.8 Å². The number of ether oxygens (including phenoxy) is 1. The van der Waals surface area contributed by atoms with Crippen molar-refractivity contribution < 1.29 is 4.74 Å². The summed E-state index contributed by atoms with van der Waals surface area (Å²) >= 11 is 6.27. The molecule has 0 aromatic heterocycles. The Kier molecular flexibility index (Phi) is 5.93. The van der Waals surface area contributed by atoms with E-state index >= 15 is 0 Å². The zero-order valence-electron chi connectivity index (χ0n) is 13.4. The minimum Gasteiger partial charge on any atom is -0.495 e. The largest absolute Gasteiger partial charge is 0.495 e. The summed E-state index contributed by atoms with van der Waals surface area (Å²) in [6.45, 7) is 4.38. The highest BCUT2D eigenvalue weighted by Crippen LogP contribution is 2.32. The summed E-state index contributed by atoms with van der Waals surface area (Å²) in [6.07, 6.45) is 4.56. The van der Waals surface area contributed by atoms with Gasteiger partial charge in [-0.05, 0) is 31.7 Å². The third kappa shape index (κ3) is 4.28. The molecule has 0 aliphatic heterocycles. The number of rotatable bonds is 5. The Balaban J connectivity index is 1.99. The van der Waals surface area contributed by atoms with Crippen molar-refractivity contribution in [2.45, 2.75) is 57.7 Å². The van der Waals surface area contributed by atoms with Gasteiger partial charge in [0.05, 0.1) is 23.4 Å². The number of nitriles is 1. The van der Waals surface area contributed by atoms with Crippen LogP contribution in [0.15, 0.2) is 12.1 Å². The Hall–Kier alpha value is -1.44. The van der Waals surface area contributed by atoms with Gasteiger partial charge in [-0.15, -0.1) is 0 Å². The van der Waals surface area contributed by atoms with Gasteiger partial charge in [0.15, 0.2) is 0 Å². The van der Waals surface area contributed by atoms with Gasteiger partial charge in [-0.2, -0.15) is 5.26 Å². The van der Waals surface area contributed by atoms with Crippen LogP contribution in [0.5, 0.6) is 5.75 Å². The van der Waals surface area contributed by atoms with Gasteiger partial charge >= 0.3 is 0 Å². The highest BCUT2D eigenvalue weighted by molar-refractivity contribution is 6.33. The zero-order valence-corrected chi connectivity index (χ0v) is 14.2. The third-order valence-corrected chi connectivity index (χ3v) is 4.38. The Morgan fingerprint density at radius 2 is 1.86 bits per heavy atom. The molecule has 0 spiro atoms. The van der Waals surface area contributed by atoms with Crippen LogP contribution in [0.25, 0.3) is 0 Å². The number of methoxy groups -OCH3 is 1. The lowest BCUT2D eigenvalue weighted by atomic mass is 9.90. The Bertz CT molecular complexity index is 546. The molecule has 0 amide bonds. The van der Waals surface area contributed by atoms with Crippen LogP contribution in [-0.4, -0.2) is 25.2 Å². The zero-order chi connectivity index (χ0) is 16.1. The second-order valence-corrected chi connectivity index (χ2v) is 6.57. The number of anilines is 1. The first-order valence-electron chi connectivity index (χ1n) is 7.83. The maximum Gasteiger partial charge on any atom is 0.138 e. The standard InChI is InChI=1S/C17H24ClN3O/c1-11(2)20-13-4-6-14(7-5-13)21-16-9-17(22-3)12(10-19)8-15(16)18/h8-9,11,13-14,20-21H,4-7H2,1-3H3/t13-,14-. The minimum atomic E-state index is 0.417. The monoisotopic (exact) mass is 321 g/mol. The summed E-state index contributed by atoms with van der Waals surface area (Å²) in [5, 5.41) is 16.7. The van der Waals surface area contributed by atoms with Crippen LogP contribution < -0.4 is 15.4 Å². The van der Waals surface area contributed by atoms with E-state index in [1.807, 2.05) is 6.07 Å². The molecule has 120 valence electrons. The van der Waals surface area contributed by atoms with Gasteiger partial charge in [0.2, 0.25) is 0 Å². The summed E-state index contributed by atoms with van der Waals surface area (Å²) in [7, 11) is 1.57. The summed E-state index contributed by atoms with van der Waals surface area (Å²) < 4.78 is 5.25. The topological polar surface area (TPSA) is 57.1 Å². The van der Waals surface area contributed by atoms with Gasteiger partial charge in [-0.3, -0.25) is 0 Å². The van der Waals surface area contributed by atoms with Crippen molar-refractivity contribution in [3.05, 3.63) is 22.7 Å². The number of nitrogens with one attached hydrogen (secondary N) is 2. The lowest BCUT2D eigenvalue weighted by molar-refractivity contribution is 0.335. The predicted molar refractivity (Wildman–Crippen MR) is 90.7 cm³/mol. The Morgan fingerprint density at radius 3 is 2.41 bits per heavy atom. The van der Waals surface area contributed by atoms with E-state index in [2.05, 4.69) is 30.6 Å². The van der Waals surface area contributed by atoms with Crippen LogP contribution >= 0.6 is 11.6 Å². The molecule has 2 rings (SSSR count). The van der Waals surface area contributed by atoms with Crippen molar-refractivity contribution in [2.75, 3.05) is 12.4 Å². The van der Waals surface area contributed by atoms with Crippen LogP contribution in [-0.2, 0) is 0 Å². The Labute approximate surface area is 137 Å². The van der Waals surface area contributed by atoms with Gasteiger partial charge < -0.3 is 15.4 Å². The summed E-state index contributed by atoms with van der Waals surface area (Å²) in [4.78, 5) is 0. The maximum absolute atomic E-state index is 9.07. The normalized spacial score (nSPS) is 21.5. The highest BCUT2D eigenvalue weighted by atomic mass is 35.5. The fourth-order valence-corrected chi connectivity index (χ4v) is 3.23. The quantitative estimate of drug-likeness (QED) is 0.862. The summed E-state index contributed by atoms with van der Waals surface area (Å²) in [5.41, 5.74) is 1.31. The van der Waals surface area contributed by atoms with E-state index in [0.717, 1.165) is 18.5 Å². The van der Waals surface area contributed by atoms with E-state index in [1.54, 1.807) is 13.2 Å². The van der Waals surface area contributed by atoms with Crippen molar-refractivity contribution in [2.24, 2.45) is 0 Å². The van der Waals surface area contributed by atoms with Crippen molar-refractivity contribution in [3.63, 3.8) is 0 Å². The highest BCUT2D eigenvalue weighted by Gasteiger charge is 2.22. The molecule has 1 aromatic carbocycles. The molecule has 1 fully saturated rings. The number of benzene rings is 1. The molecule has 0 unspecified atom stereocenters. The smallest absolute Gasteiger partial charge is 0.138 e. The molecule has 0 bridgehead atoms. The summed E-state index contributed by atoms with van der Waals surface area (Å²) in [5.74, 6) is 0.560. The van der Waals surface area contributed by atoms with Crippen molar-refractivity contribution in [1.82, 2.24) is 5.32 Å². The number of hydrogen-bond acceptors (Lipinski definition) is 4. The molecular formula is C17H24ClN3O. The maximum atomic E-state index is 9.07. The molecule has 22 heavy (non-hydrogen) atoms. The van der Waals surface area contributed by atoms with Gasteiger partial charge in [0.25, 0.3) is 0 Å². The van der Waals surface area contributed by atoms with Gasteiger partial charge in [-0.1, -0.05) is 25.4 Å². The number of hydrogen-bond donors (Lipinski definition) is 2. The molecule has 1 aliphatic carbocycles. The fraction of sp³-hybridized carbons (Fsp3) is 0.588. The van der Waals surface area contributed by atoms with E-state index < -0.39 is 0 Å². The fourth-order valence-electron chi connectivity index (χ4n) is 3.02. The summed E-state index contributed by atoms with van der Waals surface area (Å²) in [6, 6.07) is 7.14. The van der Waals surface area contributed by atoms with E-state index in [9.17, 15) is 0 Å². The molecule has 0 saturated heterocycles. The number of halogens is 1. The average Bonchev–Trinajstić information content (AvgIpc) is 2.50. The third-order valence-electron chi connectivity index (χ3n) is 4.07. The second kappa shape index (κ2) is 7.71. The molecule has 1 aliphatic rings. The van der Waals surface area contributed by atoms with E-state index in [1.165, 1.54) is 12.8 Å². The average molecular weight is 322 g/mol. The Morgan fingerprint density at radius 1 is 1.23 bits per heavy atom. The lowest BCUT2D eigenvalue weighted by Crippen LogP contribution is -2.40. The molecule has 0 radical (unpaired) electrons. The van der Waals surface area contributed by atoms with E-state index in [4.69, 9.17) is 21.6 Å². The molecule has 4 nitrogen and oxygen atoms in total. The van der Waals surface area contributed by atoms with Crippen molar-refractivity contribution in [1.29, 1.82) is 5.26 Å². The van der Waals surface area contributed by atoms with E-state index in [-0.39, 0.29) is 0 Å². The van der Waals surface area contributed by atoms with Crippen LogP contribution in [0.3, 0.4) is 0 Å². The molecule has 0 heterocycles. The number of nitrogens with zero attached hydrogens (tertiary/aromatic N) is 1. The first-order valence-corrected chi connectivity index (χ1v) is 8.21. The molecule has 0 atom stereocenters. The van der Waals surface area contributed by atoms with Gasteiger partial charge in [0, 0.05) is 24.2 Å². The first kappa shape index (κ1) is 16.9. The van der Waals surface area contributed by atoms with E-state index in [0.29, 0.717) is 34.5 Å². The van der Waals surface area contributed by atoms with Crippen molar-refractivity contribution >= 4 is 17.3 Å². The van der Waals surface area contributed by atoms with Crippen molar-refractivity contribution in [3.8, 4) is 11.8 Å². The molecular weight excluding hydrogens is 298 g/mol. The lowest BCUT2D eigenvalue weighted by Gasteiger charge is -2.31. The molecule has 1 aromatic rings. The SMILES string of the molecule is COc1cc(N[C@H]2CC[C@H](NC(C)C)CC2)c(Cl)cc1C#N. The molecule has 2 N–H and O–H groups in total. The second-order valence-electron chi connectivity index (χ2n) is 6.16. The van der Waals surface area contributed by atoms with Crippen LogP contribution in [0, 0.1) is 11.3 Å². The van der Waals surface area contributed by atoms with Crippen LogP contribution in [0.4, 0.5) is 5.69 Å². The van der Waals surface area contributed by atoms with Crippen LogP contribution in [0.1, 0.15) is 45.1 Å². The molecule has 1 saturated carbocycles. The minimum absolute atomic E-state index is 0.417.